The summed E-state index contributed by atoms with van der Waals surface area (Å²) in [4.78, 5) is 25.2. The number of carbonyl (C=O) groups excluding carboxylic acids is 1. The van der Waals surface area contributed by atoms with Gasteiger partial charge in [-0.25, -0.2) is 20.0 Å². The summed E-state index contributed by atoms with van der Waals surface area (Å²) >= 11 is 0. The number of rotatable bonds is 6. The second-order valence-corrected chi connectivity index (χ2v) is 13.6. The zero-order valence-electron chi connectivity index (χ0n) is 17.9. The molecule has 3 aromatic heterocycles. The van der Waals surface area contributed by atoms with Gasteiger partial charge < -0.3 is 14.9 Å². The van der Waals surface area contributed by atoms with Crippen molar-refractivity contribution in [3.8, 4) is 6.07 Å². The molecule has 0 aromatic carbocycles. The Hall–Kier alpha value is -2.53. The van der Waals surface area contributed by atoms with Gasteiger partial charge in [-0.05, 0) is 56.4 Å². The number of aromatic amines is 1. The van der Waals surface area contributed by atoms with Crippen molar-refractivity contribution in [2.24, 2.45) is 5.92 Å². The van der Waals surface area contributed by atoms with Gasteiger partial charge in [-0.15, -0.1) is 0 Å². The van der Waals surface area contributed by atoms with Gasteiger partial charge in [0.25, 0.3) is 0 Å². The molecule has 0 spiro atoms. The van der Waals surface area contributed by atoms with E-state index in [1.54, 1.807) is 6.20 Å². The molecular weight excluding hydrogens is 396 g/mol. The minimum atomic E-state index is -0.799. The highest BCUT2D eigenvalue weighted by Gasteiger charge is 2.27. The van der Waals surface area contributed by atoms with E-state index in [4.69, 9.17) is 10.2 Å². The number of nitriles is 1. The van der Waals surface area contributed by atoms with Crippen molar-refractivity contribution >= 4 is 38.0 Å². The van der Waals surface area contributed by atoms with Crippen molar-refractivity contribution in [3.63, 3.8) is 0 Å². The van der Waals surface area contributed by atoms with E-state index in [2.05, 4.69) is 44.7 Å². The summed E-state index contributed by atoms with van der Waals surface area (Å²) in [5.74, 6) is 2.03. The third kappa shape index (κ3) is 4.31. The molecule has 7 nitrogen and oxygen atoms in total. The summed E-state index contributed by atoms with van der Waals surface area (Å²) in [5.41, 5.74) is 2.74. The van der Waals surface area contributed by atoms with Gasteiger partial charge in [0.2, 0.25) is 5.91 Å². The number of pyridine rings is 1. The minimum Gasteiger partial charge on any atom is -0.348 e. The Morgan fingerprint density at radius 1 is 1.33 bits per heavy atom. The molecule has 0 radical (unpaired) electrons. The molecule has 8 heteroatoms. The van der Waals surface area contributed by atoms with Gasteiger partial charge in [-0.3, -0.25) is 4.79 Å². The number of carbonyl (C=O) groups is 1. The Labute approximate surface area is 178 Å². The lowest BCUT2D eigenvalue weighted by molar-refractivity contribution is -0.120. The van der Waals surface area contributed by atoms with Gasteiger partial charge in [0.1, 0.15) is 17.0 Å². The van der Waals surface area contributed by atoms with Crippen molar-refractivity contribution in [2.45, 2.75) is 44.6 Å². The molecule has 0 atom stereocenters. The summed E-state index contributed by atoms with van der Waals surface area (Å²) in [7, 11) is -0.799. The van der Waals surface area contributed by atoms with E-state index >= 15 is 0 Å². The van der Waals surface area contributed by atoms with Crippen LogP contribution in [0.1, 0.15) is 44.0 Å². The fourth-order valence-electron chi connectivity index (χ4n) is 4.40. The van der Waals surface area contributed by atoms with E-state index in [9.17, 15) is 4.79 Å². The van der Waals surface area contributed by atoms with Crippen molar-refractivity contribution < 1.29 is 4.79 Å². The maximum Gasteiger partial charge on any atom is 0.228 e. The molecular formula is C22H30N6OS. The molecule has 0 unspecified atom stereocenters. The number of nitrogens with one attached hydrogen (secondary N) is 2. The van der Waals surface area contributed by atoms with E-state index in [1.807, 2.05) is 12.3 Å². The van der Waals surface area contributed by atoms with Crippen molar-refractivity contribution in [1.82, 2.24) is 24.8 Å². The molecule has 1 aliphatic carbocycles. The lowest BCUT2D eigenvalue weighted by Crippen LogP contribution is -2.30. The van der Waals surface area contributed by atoms with E-state index in [0.717, 1.165) is 59.5 Å². The number of fused-ring (bicyclic) bond motifs is 3. The molecule has 1 fully saturated rings. The van der Waals surface area contributed by atoms with Crippen LogP contribution in [0.5, 0.6) is 0 Å². The van der Waals surface area contributed by atoms with E-state index in [1.165, 1.54) is 0 Å². The predicted octanol–water partition coefficient (Wildman–Crippen LogP) is 3.87. The van der Waals surface area contributed by atoms with Crippen LogP contribution in [-0.2, 0) is 11.2 Å². The summed E-state index contributed by atoms with van der Waals surface area (Å²) < 4.78 is 2.29. The molecule has 3 aromatic rings. The van der Waals surface area contributed by atoms with Crippen LogP contribution in [0, 0.1) is 17.2 Å². The Kier molecular flexibility index (Phi) is 5.74. The number of amides is 1. The average Bonchev–Trinajstić information content (AvgIpc) is 3.30. The molecule has 3 heterocycles. The second kappa shape index (κ2) is 8.31. The summed E-state index contributed by atoms with van der Waals surface area (Å²) in [6.45, 7) is 0. The van der Waals surface area contributed by atoms with Crippen molar-refractivity contribution in [3.05, 3.63) is 24.3 Å². The van der Waals surface area contributed by atoms with Gasteiger partial charge in [-0.1, -0.05) is 0 Å². The van der Waals surface area contributed by atoms with Crippen molar-refractivity contribution in [2.75, 3.05) is 24.6 Å². The zero-order chi connectivity index (χ0) is 21.3. The maximum absolute atomic E-state index is 12.7. The van der Waals surface area contributed by atoms with Crippen LogP contribution in [0.15, 0.2) is 18.5 Å². The number of hydrogen-bond donors (Lipinski definition) is 2. The Balaban J connectivity index is 1.68. The third-order valence-corrected chi connectivity index (χ3v) is 6.90. The first-order valence-electron chi connectivity index (χ1n) is 10.5. The van der Waals surface area contributed by atoms with Crippen molar-refractivity contribution in [1.29, 1.82) is 5.26 Å². The number of imidazole rings is 1. The summed E-state index contributed by atoms with van der Waals surface area (Å²) in [6.07, 6.45) is 15.3. The molecule has 1 amide bonds. The number of hydrogen-bond acceptors (Lipinski definition) is 4. The normalized spacial score (nSPS) is 20.3. The summed E-state index contributed by atoms with van der Waals surface area (Å²) in [5, 5.41) is 13.2. The zero-order valence-corrected chi connectivity index (χ0v) is 18.8. The Morgan fingerprint density at radius 3 is 2.80 bits per heavy atom. The molecule has 160 valence electrons. The number of H-pyrrole nitrogens is 1. The lowest BCUT2D eigenvalue weighted by atomic mass is 9.84. The first-order valence-corrected chi connectivity index (χ1v) is 13.5. The fourth-order valence-corrected chi connectivity index (χ4v) is 4.99. The standard InChI is InChI=1S/C22H30N6OS/c1-30(2,3)14-26-20(29)12-19-27-18-13-25-22-17(9-11-24-22)21(18)28(19)16-6-4-15(5-7-16)8-10-23/h9,11,13,15-16H,4-8,12,14H2,1-3H3,(H,24,25)(H,26,29)/t15-,16+. The highest BCUT2D eigenvalue weighted by molar-refractivity contribution is 8.32. The smallest absolute Gasteiger partial charge is 0.228 e. The lowest BCUT2D eigenvalue weighted by Gasteiger charge is -2.30. The number of nitrogens with zero attached hydrogens (tertiary/aromatic N) is 4. The van der Waals surface area contributed by atoms with Crippen LogP contribution in [-0.4, -0.2) is 50.1 Å². The second-order valence-electron chi connectivity index (χ2n) is 9.18. The van der Waals surface area contributed by atoms with Gasteiger partial charge in [0, 0.05) is 29.9 Å². The van der Waals surface area contributed by atoms with Crippen LogP contribution < -0.4 is 5.32 Å². The van der Waals surface area contributed by atoms with Crippen LogP contribution in [0.4, 0.5) is 0 Å². The molecule has 1 saturated carbocycles. The Morgan fingerprint density at radius 2 is 2.10 bits per heavy atom. The highest BCUT2D eigenvalue weighted by atomic mass is 32.3. The fraction of sp³-hybridized carbons (Fsp3) is 0.545. The predicted molar refractivity (Wildman–Crippen MR) is 123 cm³/mol. The molecule has 4 rings (SSSR count). The maximum atomic E-state index is 12.7. The third-order valence-electron chi connectivity index (χ3n) is 5.89. The molecule has 0 saturated heterocycles. The van der Waals surface area contributed by atoms with Gasteiger partial charge in [-0.2, -0.15) is 5.26 Å². The Bertz CT molecular complexity index is 1090. The quantitative estimate of drug-likeness (QED) is 0.625. The van der Waals surface area contributed by atoms with E-state index < -0.39 is 10.0 Å². The minimum absolute atomic E-state index is 0.0189. The molecule has 2 N–H and O–H groups in total. The monoisotopic (exact) mass is 426 g/mol. The largest absolute Gasteiger partial charge is 0.348 e. The average molecular weight is 427 g/mol. The van der Waals surface area contributed by atoms with Crippen LogP contribution in [0.2, 0.25) is 0 Å². The molecule has 1 aliphatic rings. The molecule has 30 heavy (non-hydrogen) atoms. The van der Waals surface area contributed by atoms with Gasteiger partial charge in [0.15, 0.2) is 0 Å². The summed E-state index contributed by atoms with van der Waals surface area (Å²) in [6, 6.07) is 4.65. The highest BCUT2D eigenvalue weighted by Crippen LogP contribution is 2.38. The van der Waals surface area contributed by atoms with Gasteiger partial charge >= 0.3 is 0 Å². The SMILES string of the molecule is CS(C)(C)CNC(=O)Cc1nc2cnc3[nH]ccc3c2n1[C@H]1CC[C@@H](CC#N)CC1. The van der Waals surface area contributed by atoms with E-state index in [0.29, 0.717) is 18.4 Å². The van der Waals surface area contributed by atoms with E-state index in [-0.39, 0.29) is 12.3 Å². The first-order chi connectivity index (χ1) is 14.4. The van der Waals surface area contributed by atoms with Crippen LogP contribution in [0.3, 0.4) is 0 Å². The molecule has 0 bridgehead atoms. The topological polar surface area (TPSA) is 99.4 Å². The van der Waals surface area contributed by atoms with Crippen LogP contribution in [0.25, 0.3) is 22.1 Å². The molecule has 0 aliphatic heterocycles. The van der Waals surface area contributed by atoms with Crippen LogP contribution >= 0.6 is 10.0 Å². The van der Waals surface area contributed by atoms with Gasteiger partial charge in [0.05, 0.1) is 24.2 Å². The first kappa shape index (κ1) is 20.7. The number of aromatic nitrogens is 4.